The third-order valence-electron chi connectivity index (χ3n) is 5.68. The molecule has 2 aliphatic heterocycles. The van der Waals surface area contributed by atoms with Crippen molar-refractivity contribution in [3.05, 3.63) is 0 Å². The van der Waals surface area contributed by atoms with Crippen molar-refractivity contribution in [1.82, 2.24) is 0 Å². The topological polar surface area (TPSA) is 74.4 Å². The van der Waals surface area contributed by atoms with Gasteiger partial charge in [-0.1, -0.05) is 0 Å². The van der Waals surface area contributed by atoms with Crippen molar-refractivity contribution in [3.63, 3.8) is 0 Å². The Morgan fingerprint density at radius 3 is 2.69 bits per heavy atom. The number of ether oxygens (including phenoxy) is 4. The second-order valence-corrected chi connectivity index (χ2v) is 7.96. The van der Waals surface area contributed by atoms with E-state index in [1.807, 2.05) is 6.92 Å². The van der Waals surface area contributed by atoms with Crippen molar-refractivity contribution in [3.8, 4) is 0 Å². The standard InChI is InChI=1S/C20H32O6/c1-14-11-16(8-10-23-14)20(22)24-9-4-2-3-5-19(21)25-13-15-6-7-17-18(12-15)26-17/h14-18H,2-13H2,1H3. The van der Waals surface area contributed by atoms with Gasteiger partial charge in [-0.25, -0.2) is 0 Å². The number of fused-ring (bicyclic) bond motifs is 1. The molecule has 148 valence electrons. The van der Waals surface area contributed by atoms with E-state index in [0.717, 1.165) is 51.4 Å². The van der Waals surface area contributed by atoms with Crippen LogP contribution in [0.5, 0.6) is 0 Å². The van der Waals surface area contributed by atoms with E-state index < -0.39 is 0 Å². The maximum Gasteiger partial charge on any atom is 0.309 e. The van der Waals surface area contributed by atoms with Gasteiger partial charge < -0.3 is 18.9 Å². The summed E-state index contributed by atoms with van der Waals surface area (Å²) in [6, 6.07) is 0. The maximum atomic E-state index is 12.0. The van der Waals surface area contributed by atoms with Crippen LogP contribution in [0.3, 0.4) is 0 Å². The Hall–Kier alpha value is -1.14. The normalized spacial score (nSPS) is 33.2. The van der Waals surface area contributed by atoms with Gasteiger partial charge in [0.2, 0.25) is 0 Å². The summed E-state index contributed by atoms with van der Waals surface area (Å²) < 4.78 is 21.7. The first-order valence-electron chi connectivity index (χ1n) is 10.2. The first-order chi connectivity index (χ1) is 12.6. The number of unbranched alkanes of at least 4 members (excludes halogenated alkanes) is 2. The molecule has 0 aromatic heterocycles. The van der Waals surface area contributed by atoms with Crippen molar-refractivity contribution in [2.24, 2.45) is 11.8 Å². The molecule has 2 heterocycles. The monoisotopic (exact) mass is 368 g/mol. The smallest absolute Gasteiger partial charge is 0.309 e. The highest BCUT2D eigenvalue weighted by molar-refractivity contribution is 5.72. The summed E-state index contributed by atoms with van der Waals surface area (Å²) in [7, 11) is 0. The average molecular weight is 368 g/mol. The fourth-order valence-electron chi connectivity index (χ4n) is 3.97. The first kappa shape index (κ1) is 19.6. The van der Waals surface area contributed by atoms with Crippen LogP contribution in [0.25, 0.3) is 0 Å². The van der Waals surface area contributed by atoms with Crippen molar-refractivity contribution in [2.75, 3.05) is 19.8 Å². The molecule has 2 saturated heterocycles. The van der Waals surface area contributed by atoms with Crippen molar-refractivity contribution in [2.45, 2.75) is 83.0 Å². The highest BCUT2D eigenvalue weighted by atomic mass is 16.6. The van der Waals surface area contributed by atoms with Crippen LogP contribution in [-0.2, 0) is 28.5 Å². The van der Waals surface area contributed by atoms with Crippen LogP contribution >= 0.6 is 0 Å². The molecule has 5 atom stereocenters. The van der Waals surface area contributed by atoms with E-state index in [2.05, 4.69) is 0 Å². The van der Waals surface area contributed by atoms with Crippen LogP contribution in [0.2, 0.25) is 0 Å². The van der Waals surface area contributed by atoms with Gasteiger partial charge in [0.15, 0.2) is 0 Å². The number of carbonyl (C=O) groups is 2. The summed E-state index contributed by atoms with van der Waals surface area (Å²) in [5, 5.41) is 0. The van der Waals surface area contributed by atoms with Gasteiger partial charge in [-0.2, -0.15) is 0 Å². The number of carbonyl (C=O) groups excluding carboxylic acids is 2. The molecule has 0 amide bonds. The lowest BCUT2D eigenvalue weighted by molar-refractivity contribution is -0.153. The molecule has 0 radical (unpaired) electrons. The van der Waals surface area contributed by atoms with Gasteiger partial charge in [0.1, 0.15) is 0 Å². The highest BCUT2D eigenvalue weighted by Crippen LogP contribution is 2.39. The lowest BCUT2D eigenvalue weighted by Crippen LogP contribution is -2.29. The van der Waals surface area contributed by atoms with Crippen LogP contribution in [0, 0.1) is 11.8 Å². The molecule has 3 aliphatic rings. The third kappa shape index (κ3) is 6.23. The van der Waals surface area contributed by atoms with Crippen molar-refractivity contribution in [1.29, 1.82) is 0 Å². The predicted octanol–water partition coefficient (Wildman–Crippen LogP) is 3.02. The summed E-state index contributed by atoms with van der Waals surface area (Å²) in [4.78, 5) is 23.8. The average Bonchev–Trinajstić information content (AvgIpc) is 3.41. The van der Waals surface area contributed by atoms with Gasteiger partial charge >= 0.3 is 11.9 Å². The van der Waals surface area contributed by atoms with E-state index in [-0.39, 0.29) is 24.0 Å². The van der Waals surface area contributed by atoms with E-state index in [1.165, 1.54) is 0 Å². The summed E-state index contributed by atoms with van der Waals surface area (Å²) in [5.41, 5.74) is 0. The molecule has 6 heteroatoms. The number of hydrogen-bond donors (Lipinski definition) is 0. The zero-order chi connectivity index (χ0) is 18.4. The lowest BCUT2D eigenvalue weighted by Gasteiger charge is -2.25. The van der Waals surface area contributed by atoms with Crippen LogP contribution in [0.1, 0.15) is 64.7 Å². The minimum absolute atomic E-state index is 0.0233. The number of hydrogen-bond acceptors (Lipinski definition) is 6. The Morgan fingerprint density at radius 1 is 1.00 bits per heavy atom. The van der Waals surface area contributed by atoms with E-state index in [4.69, 9.17) is 18.9 Å². The number of rotatable bonds is 9. The quantitative estimate of drug-likeness (QED) is 0.354. The largest absolute Gasteiger partial charge is 0.465 e. The summed E-state index contributed by atoms with van der Waals surface area (Å²) in [5.74, 6) is 0.228. The summed E-state index contributed by atoms with van der Waals surface area (Å²) >= 11 is 0. The zero-order valence-corrected chi connectivity index (χ0v) is 15.8. The Labute approximate surface area is 155 Å². The molecule has 0 aromatic carbocycles. The Morgan fingerprint density at radius 2 is 1.88 bits per heavy atom. The molecule has 0 bridgehead atoms. The predicted molar refractivity (Wildman–Crippen MR) is 94.5 cm³/mol. The van der Waals surface area contributed by atoms with Gasteiger partial charge in [-0.3, -0.25) is 9.59 Å². The van der Waals surface area contributed by atoms with Gasteiger partial charge in [-0.15, -0.1) is 0 Å². The molecule has 3 rings (SSSR count). The highest BCUT2D eigenvalue weighted by Gasteiger charge is 2.43. The van der Waals surface area contributed by atoms with E-state index >= 15 is 0 Å². The van der Waals surface area contributed by atoms with Crippen molar-refractivity contribution < 1.29 is 28.5 Å². The lowest BCUT2D eigenvalue weighted by atomic mass is 9.90. The molecule has 1 aliphatic carbocycles. The van der Waals surface area contributed by atoms with Crippen molar-refractivity contribution >= 4 is 11.9 Å². The second kappa shape index (κ2) is 9.70. The van der Waals surface area contributed by atoms with Crippen LogP contribution < -0.4 is 0 Å². The zero-order valence-electron chi connectivity index (χ0n) is 15.8. The second-order valence-electron chi connectivity index (χ2n) is 7.96. The molecule has 1 saturated carbocycles. The maximum absolute atomic E-state index is 12.0. The van der Waals surface area contributed by atoms with Gasteiger partial charge in [0, 0.05) is 13.0 Å². The molecule has 0 spiro atoms. The van der Waals surface area contributed by atoms with E-state index in [1.54, 1.807) is 0 Å². The van der Waals surface area contributed by atoms with Gasteiger partial charge in [0.25, 0.3) is 0 Å². The molecular formula is C20H32O6. The molecule has 0 N–H and O–H groups in total. The molecule has 26 heavy (non-hydrogen) atoms. The minimum Gasteiger partial charge on any atom is -0.465 e. The third-order valence-corrected chi connectivity index (χ3v) is 5.68. The Bertz CT molecular complexity index is 479. The molecule has 3 fully saturated rings. The molecule has 5 unspecified atom stereocenters. The molecule has 0 aromatic rings. The van der Waals surface area contributed by atoms with Crippen LogP contribution in [0.15, 0.2) is 0 Å². The van der Waals surface area contributed by atoms with Crippen LogP contribution in [0.4, 0.5) is 0 Å². The Balaban J connectivity index is 1.15. The molecular weight excluding hydrogens is 336 g/mol. The fraction of sp³-hybridized carbons (Fsp3) is 0.900. The van der Waals surface area contributed by atoms with Crippen LogP contribution in [-0.4, -0.2) is 50.1 Å². The van der Waals surface area contributed by atoms with Gasteiger partial charge in [-0.05, 0) is 64.2 Å². The SMILES string of the molecule is CC1CC(C(=O)OCCCCCC(=O)OCC2CCC3OC3C2)CCO1. The first-order valence-corrected chi connectivity index (χ1v) is 10.2. The van der Waals surface area contributed by atoms with E-state index in [9.17, 15) is 9.59 Å². The molecule has 6 nitrogen and oxygen atoms in total. The van der Waals surface area contributed by atoms with E-state index in [0.29, 0.717) is 44.4 Å². The van der Waals surface area contributed by atoms with Gasteiger partial charge in [0.05, 0.1) is 37.4 Å². The number of epoxide rings is 1. The fourth-order valence-corrected chi connectivity index (χ4v) is 3.97. The summed E-state index contributed by atoms with van der Waals surface area (Å²) in [6.07, 6.45) is 8.70. The minimum atomic E-state index is -0.114. The Kier molecular flexibility index (Phi) is 7.32. The summed E-state index contributed by atoms with van der Waals surface area (Å²) in [6.45, 7) is 3.60. The number of esters is 2.